The van der Waals surface area contributed by atoms with Crippen molar-refractivity contribution in [1.29, 1.82) is 0 Å². The smallest absolute Gasteiger partial charge is 0.341 e. The summed E-state index contributed by atoms with van der Waals surface area (Å²) in [5, 5.41) is 0. The maximum absolute atomic E-state index is 11.7. The van der Waals surface area contributed by atoms with Gasteiger partial charge in [0.25, 0.3) is 0 Å². The summed E-state index contributed by atoms with van der Waals surface area (Å²) in [6.07, 6.45) is 1.80. The highest BCUT2D eigenvalue weighted by atomic mass is 16.5. The van der Waals surface area contributed by atoms with Crippen molar-refractivity contribution in [2.45, 2.75) is 19.8 Å². The summed E-state index contributed by atoms with van der Waals surface area (Å²) in [6, 6.07) is 5.25. The van der Waals surface area contributed by atoms with E-state index in [0.29, 0.717) is 30.8 Å². The Balaban J connectivity index is 3.04. The molecule has 0 aliphatic carbocycles. The maximum Gasteiger partial charge on any atom is 0.341 e. The number of para-hydroxylation sites is 1. The molecule has 0 bridgehead atoms. The summed E-state index contributed by atoms with van der Waals surface area (Å²) in [6.45, 7) is 2.07. The second kappa shape index (κ2) is 6.68. The van der Waals surface area contributed by atoms with Crippen molar-refractivity contribution >= 4 is 12.3 Å². The molecule has 1 aromatic carbocycles. The van der Waals surface area contributed by atoms with E-state index in [1.54, 1.807) is 19.1 Å². The molecule has 0 unspecified atom stereocenters. The summed E-state index contributed by atoms with van der Waals surface area (Å²) in [5.41, 5.74) is 1.24. The van der Waals surface area contributed by atoms with E-state index in [4.69, 9.17) is 9.47 Å². The zero-order valence-corrected chi connectivity index (χ0v) is 10.1. The van der Waals surface area contributed by atoms with Gasteiger partial charge in [0, 0.05) is 6.42 Å². The van der Waals surface area contributed by atoms with Crippen LogP contribution in [0.25, 0.3) is 0 Å². The van der Waals surface area contributed by atoms with Crippen molar-refractivity contribution in [1.82, 2.24) is 0 Å². The summed E-state index contributed by atoms with van der Waals surface area (Å²) < 4.78 is 10.2. The van der Waals surface area contributed by atoms with E-state index in [9.17, 15) is 9.59 Å². The van der Waals surface area contributed by atoms with E-state index in [2.05, 4.69) is 0 Å². The van der Waals surface area contributed by atoms with Gasteiger partial charge in [-0.1, -0.05) is 12.1 Å². The van der Waals surface area contributed by atoms with E-state index >= 15 is 0 Å². The van der Waals surface area contributed by atoms with E-state index in [1.165, 1.54) is 7.11 Å². The summed E-state index contributed by atoms with van der Waals surface area (Å²) >= 11 is 0. The topological polar surface area (TPSA) is 52.6 Å². The molecule has 0 saturated heterocycles. The summed E-state index contributed by atoms with van der Waals surface area (Å²) in [7, 11) is 1.50. The van der Waals surface area contributed by atoms with Crippen LogP contribution >= 0.6 is 0 Å². The van der Waals surface area contributed by atoms with Crippen molar-refractivity contribution in [3.8, 4) is 5.75 Å². The molecule has 0 radical (unpaired) electrons. The van der Waals surface area contributed by atoms with Crippen LogP contribution in [0.15, 0.2) is 18.2 Å². The fraction of sp³-hybridized carbons (Fsp3) is 0.385. The molecule has 0 aromatic heterocycles. The van der Waals surface area contributed by atoms with Gasteiger partial charge in [0.15, 0.2) is 0 Å². The van der Waals surface area contributed by atoms with Gasteiger partial charge in [0.2, 0.25) is 0 Å². The quantitative estimate of drug-likeness (QED) is 0.560. The number of aryl methyl sites for hydroxylation is 1. The molecule has 92 valence electrons. The minimum atomic E-state index is -0.405. The van der Waals surface area contributed by atoms with Crippen molar-refractivity contribution in [3.63, 3.8) is 0 Å². The lowest BCUT2D eigenvalue weighted by molar-refractivity contribution is -0.107. The Hall–Kier alpha value is -1.84. The van der Waals surface area contributed by atoms with Crippen LogP contribution in [0.5, 0.6) is 5.75 Å². The number of rotatable bonds is 6. The van der Waals surface area contributed by atoms with Crippen LogP contribution in [-0.2, 0) is 16.0 Å². The van der Waals surface area contributed by atoms with Crippen LogP contribution in [0.1, 0.15) is 29.3 Å². The monoisotopic (exact) mass is 236 g/mol. The first-order valence-electron chi connectivity index (χ1n) is 5.51. The van der Waals surface area contributed by atoms with Crippen LogP contribution in [0.3, 0.4) is 0 Å². The Bertz CT molecular complexity index is 398. The Labute approximate surface area is 101 Å². The van der Waals surface area contributed by atoms with E-state index in [0.717, 1.165) is 11.8 Å². The standard InChI is InChI=1S/C13H16O4/c1-3-17-13(15)11-8-4-6-10(7-5-9-14)12(11)16-2/h4,6,8-9H,3,5,7H2,1-2H3. The molecule has 0 aliphatic heterocycles. The lowest BCUT2D eigenvalue weighted by atomic mass is 10.0. The first-order valence-corrected chi connectivity index (χ1v) is 5.51. The first kappa shape index (κ1) is 13.2. The summed E-state index contributed by atoms with van der Waals surface area (Å²) in [5.74, 6) is 0.0881. The largest absolute Gasteiger partial charge is 0.496 e. The third-order valence-electron chi connectivity index (χ3n) is 2.33. The Morgan fingerprint density at radius 2 is 2.18 bits per heavy atom. The molecule has 1 rings (SSSR count). The van der Waals surface area contributed by atoms with Gasteiger partial charge in [-0.15, -0.1) is 0 Å². The molecule has 1 aromatic rings. The number of carbonyl (C=O) groups excluding carboxylic acids is 2. The third-order valence-corrected chi connectivity index (χ3v) is 2.33. The average Bonchev–Trinajstić information content (AvgIpc) is 2.36. The molecular weight excluding hydrogens is 220 g/mol. The Morgan fingerprint density at radius 3 is 2.76 bits per heavy atom. The van der Waals surface area contributed by atoms with Crippen molar-refractivity contribution < 1.29 is 19.1 Å². The fourth-order valence-corrected chi connectivity index (χ4v) is 1.61. The van der Waals surface area contributed by atoms with Gasteiger partial charge in [-0.3, -0.25) is 0 Å². The first-order chi connectivity index (χ1) is 8.24. The molecule has 0 aliphatic rings. The van der Waals surface area contributed by atoms with Gasteiger partial charge in [-0.2, -0.15) is 0 Å². The normalized spacial score (nSPS) is 9.76. The molecule has 0 atom stereocenters. The predicted molar refractivity (Wildman–Crippen MR) is 63.3 cm³/mol. The van der Waals surface area contributed by atoms with Crippen molar-refractivity contribution in [3.05, 3.63) is 29.3 Å². The minimum Gasteiger partial charge on any atom is -0.496 e. The predicted octanol–water partition coefficient (Wildman–Crippen LogP) is 2.00. The van der Waals surface area contributed by atoms with E-state index in [1.807, 2.05) is 6.07 Å². The average molecular weight is 236 g/mol. The Morgan fingerprint density at radius 1 is 1.41 bits per heavy atom. The second-order valence-electron chi connectivity index (χ2n) is 3.42. The lowest BCUT2D eigenvalue weighted by Gasteiger charge is -2.11. The number of hydrogen-bond donors (Lipinski definition) is 0. The highest BCUT2D eigenvalue weighted by Gasteiger charge is 2.16. The van der Waals surface area contributed by atoms with Crippen LogP contribution in [0, 0.1) is 0 Å². The maximum atomic E-state index is 11.7. The van der Waals surface area contributed by atoms with E-state index < -0.39 is 5.97 Å². The molecule has 4 nitrogen and oxygen atoms in total. The number of carbonyl (C=O) groups is 2. The molecule has 0 saturated carbocycles. The molecule has 0 heterocycles. The molecule has 17 heavy (non-hydrogen) atoms. The van der Waals surface area contributed by atoms with Crippen LogP contribution < -0.4 is 4.74 Å². The lowest BCUT2D eigenvalue weighted by Crippen LogP contribution is -2.08. The highest BCUT2D eigenvalue weighted by molar-refractivity contribution is 5.93. The summed E-state index contributed by atoms with van der Waals surface area (Å²) in [4.78, 5) is 22.0. The molecule has 0 spiro atoms. The van der Waals surface area contributed by atoms with Gasteiger partial charge >= 0.3 is 5.97 Å². The second-order valence-corrected chi connectivity index (χ2v) is 3.42. The minimum absolute atomic E-state index is 0.320. The van der Waals surface area contributed by atoms with Crippen LogP contribution in [0.4, 0.5) is 0 Å². The van der Waals surface area contributed by atoms with Gasteiger partial charge < -0.3 is 14.3 Å². The van der Waals surface area contributed by atoms with Gasteiger partial charge in [-0.25, -0.2) is 4.79 Å². The van der Waals surface area contributed by atoms with Gasteiger partial charge in [0.1, 0.15) is 17.6 Å². The molecular formula is C13H16O4. The SMILES string of the molecule is CCOC(=O)c1cccc(CCC=O)c1OC. The van der Waals surface area contributed by atoms with Crippen LogP contribution in [0.2, 0.25) is 0 Å². The number of esters is 1. The van der Waals surface area contributed by atoms with E-state index in [-0.39, 0.29) is 0 Å². The van der Waals surface area contributed by atoms with Crippen molar-refractivity contribution in [2.75, 3.05) is 13.7 Å². The zero-order chi connectivity index (χ0) is 12.7. The Kier molecular flexibility index (Phi) is 5.20. The van der Waals surface area contributed by atoms with Crippen LogP contribution in [-0.4, -0.2) is 26.0 Å². The molecule has 4 heteroatoms. The number of benzene rings is 1. The molecule has 0 amide bonds. The zero-order valence-electron chi connectivity index (χ0n) is 10.1. The van der Waals surface area contributed by atoms with Crippen molar-refractivity contribution in [2.24, 2.45) is 0 Å². The highest BCUT2D eigenvalue weighted by Crippen LogP contribution is 2.25. The third kappa shape index (κ3) is 3.31. The molecule has 0 fully saturated rings. The number of aldehydes is 1. The van der Waals surface area contributed by atoms with Gasteiger partial charge in [0.05, 0.1) is 13.7 Å². The molecule has 0 N–H and O–H groups in total. The fourth-order valence-electron chi connectivity index (χ4n) is 1.61. The number of methoxy groups -OCH3 is 1. The van der Waals surface area contributed by atoms with Gasteiger partial charge in [-0.05, 0) is 25.0 Å². The number of hydrogen-bond acceptors (Lipinski definition) is 4. The number of ether oxygens (including phenoxy) is 2.